The molecule has 0 bridgehead atoms. The van der Waals surface area contributed by atoms with Crippen LogP contribution in [0.4, 0.5) is 0 Å². The van der Waals surface area contributed by atoms with Crippen LogP contribution >= 0.6 is 0 Å². The zero-order valence-corrected chi connectivity index (χ0v) is 14.5. The molecule has 1 unspecified atom stereocenters. The first kappa shape index (κ1) is 16.3. The van der Waals surface area contributed by atoms with Gasteiger partial charge in [0.05, 0.1) is 0 Å². The summed E-state index contributed by atoms with van der Waals surface area (Å²) in [7, 11) is 0. The van der Waals surface area contributed by atoms with E-state index in [1.54, 1.807) is 0 Å². The summed E-state index contributed by atoms with van der Waals surface area (Å²) in [6, 6.07) is 8.47. The fourth-order valence-electron chi connectivity index (χ4n) is 4.17. The van der Waals surface area contributed by atoms with Gasteiger partial charge in [-0.25, -0.2) is 0 Å². The monoisotopic (exact) mass is 339 g/mol. The summed E-state index contributed by atoms with van der Waals surface area (Å²) in [6.07, 6.45) is 8.16. The Morgan fingerprint density at radius 1 is 1.20 bits per heavy atom. The second kappa shape index (κ2) is 7.38. The predicted molar refractivity (Wildman–Crippen MR) is 94.3 cm³/mol. The Hall–Kier alpha value is -2.17. The Bertz CT molecular complexity index is 734. The van der Waals surface area contributed by atoms with Gasteiger partial charge in [0.1, 0.15) is 0 Å². The topological polar surface area (TPSA) is 68.0 Å². The van der Waals surface area contributed by atoms with Crippen LogP contribution in [0.3, 0.4) is 0 Å². The van der Waals surface area contributed by atoms with Gasteiger partial charge in [0.2, 0.25) is 11.8 Å². The summed E-state index contributed by atoms with van der Waals surface area (Å²) in [5.74, 6) is 2.39. The lowest BCUT2D eigenvalue weighted by Crippen LogP contribution is -2.27. The molecule has 2 aliphatic rings. The molecule has 1 aromatic heterocycles. The average molecular weight is 339 g/mol. The lowest BCUT2D eigenvalue weighted by molar-refractivity contribution is -0.121. The maximum atomic E-state index is 12.2. The second-order valence-corrected chi connectivity index (χ2v) is 7.27. The molecule has 2 aromatic rings. The van der Waals surface area contributed by atoms with E-state index in [1.807, 2.05) is 0 Å². The molecule has 0 aliphatic heterocycles. The number of rotatable bonds is 6. The van der Waals surface area contributed by atoms with Crippen LogP contribution in [-0.2, 0) is 17.6 Å². The van der Waals surface area contributed by atoms with Crippen molar-refractivity contribution in [2.45, 2.75) is 63.2 Å². The molecular formula is C20H25N3O2. The van der Waals surface area contributed by atoms with Gasteiger partial charge >= 0.3 is 0 Å². The number of hydrogen-bond acceptors (Lipinski definition) is 4. The molecule has 25 heavy (non-hydrogen) atoms. The summed E-state index contributed by atoms with van der Waals surface area (Å²) >= 11 is 0. The first-order valence-electron chi connectivity index (χ1n) is 9.46. The summed E-state index contributed by atoms with van der Waals surface area (Å²) in [4.78, 5) is 16.7. The van der Waals surface area contributed by atoms with Gasteiger partial charge in [-0.2, -0.15) is 4.98 Å². The van der Waals surface area contributed by atoms with E-state index >= 15 is 0 Å². The molecule has 1 atom stereocenters. The number of carbonyl (C=O) groups is 1. The van der Waals surface area contributed by atoms with Crippen LogP contribution in [0.5, 0.6) is 0 Å². The summed E-state index contributed by atoms with van der Waals surface area (Å²) < 4.78 is 5.38. The fraction of sp³-hybridized carbons (Fsp3) is 0.550. The Morgan fingerprint density at radius 2 is 2.04 bits per heavy atom. The minimum absolute atomic E-state index is 0.112. The van der Waals surface area contributed by atoms with E-state index in [2.05, 4.69) is 39.7 Å². The molecule has 4 rings (SSSR count). The minimum atomic E-state index is 0.112. The number of aromatic nitrogens is 2. The largest absolute Gasteiger partial charge is 0.356 e. The van der Waals surface area contributed by atoms with Gasteiger partial charge < -0.3 is 9.84 Å². The van der Waals surface area contributed by atoms with Crippen LogP contribution in [0.25, 0.3) is 0 Å². The number of nitrogens with one attached hydrogen (secondary N) is 1. The maximum Gasteiger partial charge on any atom is 0.229 e. The number of fused-ring (bicyclic) bond motifs is 1. The first-order valence-corrected chi connectivity index (χ1v) is 9.46. The highest BCUT2D eigenvalue weighted by Crippen LogP contribution is 2.35. The van der Waals surface area contributed by atoms with Crippen LogP contribution in [0.2, 0.25) is 0 Å². The number of nitrogens with zero attached hydrogens (tertiary/aromatic N) is 2. The highest BCUT2D eigenvalue weighted by atomic mass is 16.5. The van der Waals surface area contributed by atoms with Crippen molar-refractivity contribution in [1.82, 2.24) is 15.5 Å². The van der Waals surface area contributed by atoms with Crippen LogP contribution in [0.1, 0.15) is 73.2 Å². The van der Waals surface area contributed by atoms with Crippen LogP contribution in [0, 0.1) is 0 Å². The zero-order chi connectivity index (χ0) is 17.1. The molecule has 0 spiro atoms. The lowest BCUT2D eigenvalue weighted by Gasteiger charge is -2.11. The van der Waals surface area contributed by atoms with E-state index in [1.165, 1.54) is 24.0 Å². The quantitative estimate of drug-likeness (QED) is 0.874. The Morgan fingerprint density at radius 3 is 2.92 bits per heavy atom. The molecule has 1 heterocycles. The van der Waals surface area contributed by atoms with Crippen molar-refractivity contribution in [2.24, 2.45) is 0 Å². The van der Waals surface area contributed by atoms with Crippen molar-refractivity contribution < 1.29 is 9.32 Å². The van der Waals surface area contributed by atoms with Gasteiger partial charge in [-0.3, -0.25) is 4.79 Å². The number of carbonyl (C=O) groups excluding carboxylic acids is 1. The van der Waals surface area contributed by atoms with Crippen molar-refractivity contribution in [3.05, 3.63) is 47.1 Å². The van der Waals surface area contributed by atoms with E-state index in [4.69, 9.17) is 4.52 Å². The summed E-state index contributed by atoms with van der Waals surface area (Å²) in [6.45, 7) is 0.566. The zero-order valence-electron chi connectivity index (χ0n) is 14.5. The second-order valence-electron chi connectivity index (χ2n) is 7.27. The van der Waals surface area contributed by atoms with Gasteiger partial charge in [-0.1, -0.05) is 42.3 Å². The van der Waals surface area contributed by atoms with Gasteiger partial charge in [0, 0.05) is 25.3 Å². The van der Waals surface area contributed by atoms with E-state index in [0.29, 0.717) is 37.0 Å². The Labute approximate surface area is 148 Å². The summed E-state index contributed by atoms with van der Waals surface area (Å²) in [5.41, 5.74) is 2.74. The van der Waals surface area contributed by atoms with Crippen molar-refractivity contribution in [3.8, 4) is 0 Å². The first-order chi connectivity index (χ1) is 12.3. The highest BCUT2D eigenvalue weighted by molar-refractivity contribution is 5.77. The highest BCUT2D eigenvalue weighted by Gasteiger charge is 2.24. The smallest absolute Gasteiger partial charge is 0.229 e. The summed E-state index contributed by atoms with van der Waals surface area (Å²) in [5, 5.41) is 7.06. The predicted octanol–water partition coefficient (Wildman–Crippen LogP) is 3.51. The third-order valence-corrected chi connectivity index (χ3v) is 5.55. The minimum Gasteiger partial charge on any atom is -0.356 e. The van der Waals surface area contributed by atoms with Crippen molar-refractivity contribution in [3.63, 3.8) is 0 Å². The molecule has 0 radical (unpaired) electrons. The third kappa shape index (κ3) is 3.75. The molecule has 1 aromatic carbocycles. The molecule has 5 nitrogen and oxygen atoms in total. The van der Waals surface area contributed by atoms with Gasteiger partial charge in [-0.15, -0.1) is 0 Å². The van der Waals surface area contributed by atoms with Gasteiger partial charge in [-0.05, 0) is 42.7 Å². The average Bonchev–Trinajstić information content (AvgIpc) is 3.35. The van der Waals surface area contributed by atoms with Crippen molar-refractivity contribution in [1.29, 1.82) is 0 Å². The van der Waals surface area contributed by atoms with E-state index in [0.717, 1.165) is 31.6 Å². The number of hydrogen-bond donors (Lipinski definition) is 1. The fourth-order valence-corrected chi connectivity index (χ4v) is 4.17. The van der Waals surface area contributed by atoms with Crippen LogP contribution in [-0.4, -0.2) is 22.6 Å². The molecule has 5 heteroatoms. The van der Waals surface area contributed by atoms with Crippen LogP contribution < -0.4 is 5.32 Å². The molecule has 1 fully saturated rings. The number of benzene rings is 1. The van der Waals surface area contributed by atoms with Crippen molar-refractivity contribution in [2.75, 3.05) is 6.54 Å². The lowest BCUT2D eigenvalue weighted by atomic mass is 9.97. The molecule has 1 amide bonds. The van der Waals surface area contributed by atoms with Gasteiger partial charge in [0.25, 0.3) is 0 Å². The Balaban J connectivity index is 1.23. The molecule has 2 aliphatic carbocycles. The maximum absolute atomic E-state index is 12.2. The van der Waals surface area contributed by atoms with Crippen LogP contribution in [0.15, 0.2) is 28.8 Å². The number of aryl methyl sites for hydroxylation is 1. The molecule has 1 saturated carbocycles. The van der Waals surface area contributed by atoms with Crippen molar-refractivity contribution >= 4 is 5.91 Å². The standard InChI is InChI=1S/C20H25N3O2/c24-19(13-16-10-9-14-5-3-4-8-17(14)16)21-12-11-18-22-20(25-23-18)15-6-1-2-7-15/h3-5,8,15-16H,1-2,6-7,9-13H2,(H,21,24). The molecular weight excluding hydrogens is 314 g/mol. The third-order valence-electron chi connectivity index (χ3n) is 5.55. The number of amides is 1. The van der Waals surface area contributed by atoms with E-state index < -0.39 is 0 Å². The molecule has 1 N–H and O–H groups in total. The van der Waals surface area contributed by atoms with Gasteiger partial charge in [0.15, 0.2) is 5.82 Å². The molecule has 0 saturated heterocycles. The Kier molecular flexibility index (Phi) is 4.81. The normalized spacial score (nSPS) is 19.9. The van der Waals surface area contributed by atoms with E-state index in [-0.39, 0.29) is 5.91 Å². The SMILES string of the molecule is O=C(CC1CCc2ccccc21)NCCc1noc(C2CCCC2)n1. The van der Waals surface area contributed by atoms with E-state index in [9.17, 15) is 4.79 Å². The molecule has 132 valence electrons.